The van der Waals surface area contributed by atoms with E-state index in [1.807, 2.05) is 6.92 Å². The van der Waals surface area contributed by atoms with Gasteiger partial charge in [0, 0.05) is 31.9 Å². The molecule has 3 aliphatic rings. The van der Waals surface area contributed by atoms with Crippen LogP contribution in [0.5, 0.6) is 0 Å². The van der Waals surface area contributed by atoms with Crippen molar-refractivity contribution >= 4 is 17.8 Å². The summed E-state index contributed by atoms with van der Waals surface area (Å²) in [5.41, 5.74) is 0.374. The Labute approximate surface area is 171 Å². The Morgan fingerprint density at radius 2 is 1.97 bits per heavy atom. The van der Waals surface area contributed by atoms with Gasteiger partial charge < -0.3 is 14.8 Å². The molecule has 2 saturated heterocycles. The number of amides is 4. The molecule has 0 unspecified atom stereocenters. The smallest absolute Gasteiger partial charge is 0.327 e. The number of imidazole rings is 1. The summed E-state index contributed by atoms with van der Waals surface area (Å²) in [6.07, 6.45) is 5.88. The van der Waals surface area contributed by atoms with Gasteiger partial charge in [-0.15, -0.1) is 0 Å². The van der Waals surface area contributed by atoms with Crippen LogP contribution in [-0.4, -0.2) is 74.2 Å². The standard InChI is InChI=1S/C21H31N5O3/c1-14(2)11-26-20(29)25(12-16-5-4-6-16)19(28)21(26)7-9-24(10-8-21)18(27)17-15(3)22-13-23-17/h13-14,16H,4-12H2,1-3H3,(H,22,23). The van der Waals surface area contributed by atoms with Crippen LogP contribution in [0.25, 0.3) is 0 Å². The van der Waals surface area contributed by atoms with Crippen molar-refractivity contribution in [3.05, 3.63) is 17.7 Å². The Bertz CT molecular complexity index is 805. The van der Waals surface area contributed by atoms with Crippen molar-refractivity contribution in [3.8, 4) is 0 Å². The summed E-state index contributed by atoms with van der Waals surface area (Å²) in [5.74, 6) is 0.553. The number of hydrogen-bond donors (Lipinski definition) is 1. The van der Waals surface area contributed by atoms with Crippen LogP contribution < -0.4 is 0 Å². The van der Waals surface area contributed by atoms with Gasteiger partial charge in [-0.25, -0.2) is 9.78 Å². The number of carbonyl (C=O) groups is 3. The number of hydrogen-bond acceptors (Lipinski definition) is 4. The molecule has 0 atom stereocenters. The lowest BCUT2D eigenvalue weighted by Gasteiger charge is -2.42. The number of aromatic nitrogens is 2. The number of imide groups is 1. The molecule has 1 saturated carbocycles. The maximum Gasteiger partial charge on any atom is 0.327 e. The molecular formula is C21H31N5O3. The number of piperidine rings is 1. The molecule has 0 radical (unpaired) electrons. The van der Waals surface area contributed by atoms with E-state index in [0.717, 1.165) is 18.5 Å². The number of nitrogens with one attached hydrogen (secondary N) is 1. The van der Waals surface area contributed by atoms with Crippen LogP contribution >= 0.6 is 0 Å². The number of nitrogens with zero attached hydrogens (tertiary/aromatic N) is 4. The fraction of sp³-hybridized carbons (Fsp3) is 0.714. The van der Waals surface area contributed by atoms with Crippen molar-refractivity contribution in [3.63, 3.8) is 0 Å². The SMILES string of the molecule is Cc1[nH]cnc1C(=O)N1CCC2(CC1)C(=O)N(CC1CCC1)C(=O)N2CC(C)C. The molecule has 0 bridgehead atoms. The summed E-state index contributed by atoms with van der Waals surface area (Å²) in [5, 5.41) is 0. The molecule has 4 amide bonds. The lowest BCUT2D eigenvalue weighted by molar-refractivity contribution is -0.136. The highest BCUT2D eigenvalue weighted by atomic mass is 16.2. The van der Waals surface area contributed by atoms with Gasteiger partial charge in [-0.2, -0.15) is 0 Å². The van der Waals surface area contributed by atoms with Crippen molar-refractivity contribution in [2.45, 2.75) is 58.4 Å². The summed E-state index contributed by atoms with van der Waals surface area (Å²) in [6, 6.07) is -0.140. The van der Waals surface area contributed by atoms with Crippen LogP contribution in [0, 0.1) is 18.8 Å². The molecule has 4 rings (SSSR count). The largest absolute Gasteiger partial charge is 0.348 e. The lowest BCUT2D eigenvalue weighted by atomic mass is 9.83. The van der Waals surface area contributed by atoms with Crippen molar-refractivity contribution in [1.82, 2.24) is 24.7 Å². The number of rotatable bonds is 5. The summed E-state index contributed by atoms with van der Waals surface area (Å²) >= 11 is 0. The summed E-state index contributed by atoms with van der Waals surface area (Å²) < 4.78 is 0. The quantitative estimate of drug-likeness (QED) is 0.767. The third kappa shape index (κ3) is 3.32. The first-order chi connectivity index (χ1) is 13.8. The molecule has 8 nitrogen and oxygen atoms in total. The van der Waals surface area contributed by atoms with Gasteiger partial charge in [0.15, 0.2) is 0 Å². The second-order valence-electron chi connectivity index (χ2n) is 9.20. The minimum atomic E-state index is -0.803. The topological polar surface area (TPSA) is 89.6 Å². The molecule has 1 spiro atoms. The van der Waals surface area contributed by atoms with Gasteiger partial charge in [0.2, 0.25) is 0 Å². The monoisotopic (exact) mass is 401 g/mol. The van der Waals surface area contributed by atoms with Crippen LogP contribution in [0.15, 0.2) is 6.33 Å². The molecule has 1 aromatic heterocycles. The van der Waals surface area contributed by atoms with Crippen molar-refractivity contribution in [1.29, 1.82) is 0 Å². The van der Waals surface area contributed by atoms with E-state index in [-0.39, 0.29) is 23.8 Å². The van der Waals surface area contributed by atoms with Crippen LogP contribution in [0.4, 0.5) is 4.79 Å². The zero-order chi connectivity index (χ0) is 20.8. The van der Waals surface area contributed by atoms with Gasteiger partial charge in [0.1, 0.15) is 11.2 Å². The third-order valence-electron chi connectivity index (χ3n) is 6.75. The number of H-pyrrole nitrogens is 1. The van der Waals surface area contributed by atoms with Gasteiger partial charge in [-0.3, -0.25) is 14.5 Å². The van der Waals surface area contributed by atoms with E-state index in [9.17, 15) is 14.4 Å². The minimum absolute atomic E-state index is 0.0573. The molecule has 0 aromatic carbocycles. The van der Waals surface area contributed by atoms with E-state index < -0.39 is 5.54 Å². The molecule has 2 aliphatic heterocycles. The van der Waals surface area contributed by atoms with Gasteiger partial charge in [0.05, 0.1) is 6.33 Å². The zero-order valence-corrected chi connectivity index (χ0v) is 17.6. The number of carbonyl (C=O) groups excluding carboxylic acids is 3. The fourth-order valence-corrected chi connectivity index (χ4v) is 4.78. The molecule has 1 aliphatic carbocycles. The number of urea groups is 1. The lowest BCUT2D eigenvalue weighted by Crippen LogP contribution is -2.58. The van der Waals surface area contributed by atoms with E-state index in [4.69, 9.17) is 0 Å². The van der Waals surface area contributed by atoms with Gasteiger partial charge in [-0.05, 0) is 44.4 Å². The molecule has 3 heterocycles. The summed E-state index contributed by atoms with van der Waals surface area (Å²) in [7, 11) is 0. The van der Waals surface area contributed by atoms with E-state index in [2.05, 4.69) is 23.8 Å². The van der Waals surface area contributed by atoms with Crippen LogP contribution in [0.2, 0.25) is 0 Å². The molecule has 8 heteroatoms. The normalized spacial score (nSPS) is 22.1. The maximum absolute atomic E-state index is 13.5. The molecular weight excluding hydrogens is 370 g/mol. The highest BCUT2D eigenvalue weighted by molar-refractivity contribution is 6.07. The summed E-state index contributed by atoms with van der Waals surface area (Å²) in [4.78, 5) is 51.6. The average Bonchev–Trinajstić information content (AvgIpc) is 3.15. The molecule has 29 heavy (non-hydrogen) atoms. The first kappa shape index (κ1) is 19.9. The third-order valence-corrected chi connectivity index (χ3v) is 6.75. The van der Waals surface area contributed by atoms with E-state index in [1.54, 1.807) is 9.80 Å². The molecule has 1 N–H and O–H groups in total. The van der Waals surface area contributed by atoms with E-state index >= 15 is 0 Å². The fourth-order valence-electron chi connectivity index (χ4n) is 4.78. The average molecular weight is 402 g/mol. The predicted molar refractivity (Wildman–Crippen MR) is 107 cm³/mol. The number of likely N-dealkylation sites (tertiary alicyclic amines) is 1. The zero-order valence-electron chi connectivity index (χ0n) is 17.6. The first-order valence-corrected chi connectivity index (χ1v) is 10.8. The Morgan fingerprint density at radius 1 is 1.28 bits per heavy atom. The van der Waals surface area contributed by atoms with Crippen LogP contribution in [0.3, 0.4) is 0 Å². The van der Waals surface area contributed by atoms with Gasteiger partial charge in [-0.1, -0.05) is 20.3 Å². The molecule has 158 valence electrons. The van der Waals surface area contributed by atoms with Crippen molar-refractivity contribution in [2.75, 3.05) is 26.2 Å². The molecule has 1 aromatic rings. The van der Waals surface area contributed by atoms with Gasteiger partial charge >= 0.3 is 6.03 Å². The Balaban J connectivity index is 1.53. The Morgan fingerprint density at radius 3 is 2.48 bits per heavy atom. The second-order valence-corrected chi connectivity index (χ2v) is 9.20. The van der Waals surface area contributed by atoms with E-state index in [0.29, 0.717) is 50.6 Å². The van der Waals surface area contributed by atoms with Gasteiger partial charge in [0.25, 0.3) is 11.8 Å². The second kappa shape index (κ2) is 7.46. The Hall–Kier alpha value is -2.38. The van der Waals surface area contributed by atoms with Crippen molar-refractivity contribution < 1.29 is 14.4 Å². The number of aryl methyl sites for hydroxylation is 1. The Kier molecular flexibility index (Phi) is 5.12. The highest BCUT2D eigenvalue weighted by Gasteiger charge is 2.58. The predicted octanol–water partition coefficient (Wildman–Crippen LogP) is 2.41. The van der Waals surface area contributed by atoms with Crippen LogP contribution in [0.1, 0.15) is 62.1 Å². The van der Waals surface area contributed by atoms with Crippen molar-refractivity contribution in [2.24, 2.45) is 11.8 Å². The number of aromatic amines is 1. The molecule has 3 fully saturated rings. The first-order valence-electron chi connectivity index (χ1n) is 10.8. The highest BCUT2D eigenvalue weighted by Crippen LogP contribution is 2.40. The maximum atomic E-state index is 13.5. The summed E-state index contributed by atoms with van der Waals surface area (Å²) in [6.45, 7) is 7.99. The minimum Gasteiger partial charge on any atom is -0.348 e. The van der Waals surface area contributed by atoms with Crippen LogP contribution in [-0.2, 0) is 4.79 Å². The van der Waals surface area contributed by atoms with E-state index in [1.165, 1.54) is 17.6 Å².